The highest BCUT2D eigenvalue weighted by Gasteiger charge is 2.34. The second-order valence-corrected chi connectivity index (χ2v) is 6.74. The topological polar surface area (TPSA) is 45.0 Å². The van der Waals surface area contributed by atoms with E-state index < -0.39 is 0 Å². The molecule has 2 rings (SSSR count). The molecule has 114 valence electrons. The van der Waals surface area contributed by atoms with Crippen molar-refractivity contribution in [2.24, 2.45) is 5.92 Å². The van der Waals surface area contributed by atoms with Gasteiger partial charge in [-0.3, -0.25) is 5.32 Å². The van der Waals surface area contributed by atoms with Crippen molar-refractivity contribution < 1.29 is 4.74 Å². The SMILES string of the molecule is CCC(C#N)(CCCOC1CCCCC1C)NC1CC1. The molecule has 20 heavy (non-hydrogen) atoms. The quantitative estimate of drug-likeness (QED) is 0.687. The van der Waals surface area contributed by atoms with Crippen LogP contribution in [0.2, 0.25) is 0 Å². The van der Waals surface area contributed by atoms with E-state index in [0.717, 1.165) is 25.9 Å². The van der Waals surface area contributed by atoms with Crippen LogP contribution >= 0.6 is 0 Å². The smallest absolute Gasteiger partial charge is 0.106 e. The molecule has 0 aromatic carbocycles. The molecule has 3 heteroatoms. The summed E-state index contributed by atoms with van der Waals surface area (Å²) in [4.78, 5) is 0. The van der Waals surface area contributed by atoms with E-state index in [1.165, 1.54) is 38.5 Å². The summed E-state index contributed by atoms with van der Waals surface area (Å²) in [5, 5.41) is 13.0. The van der Waals surface area contributed by atoms with Crippen molar-refractivity contribution in [1.29, 1.82) is 5.26 Å². The van der Waals surface area contributed by atoms with Crippen LogP contribution in [0.25, 0.3) is 0 Å². The van der Waals surface area contributed by atoms with Crippen LogP contribution < -0.4 is 5.32 Å². The van der Waals surface area contributed by atoms with Gasteiger partial charge >= 0.3 is 0 Å². The highest BCUT2D eigenvalue weighted by Crippen LogP contribution is 2.28. The highest BCUT2D eigenvalue weighted by molar-refractivity contribution is 5.09. The van der Waals surface area contributed by atoms with Gasteiger partial charge in [0.25, 0.3) is 0 Å². The molecule has 2 saturated carbocycles. The third-order valence-electron chi connectivity index (χ3n) is 4.99. The minimum Gasteiger partial charge on any atom is -0.378 e. The van der Waals surface area contributed by atoms with Crippen LogP contribution in [-0.4, -0.2) is 24.3 Å². The van der Waals surface area contributed by atoms with Crippen molar-refractivity contribution in [3.63, 3.8) is 0 Å². The fraction of sp³-hybridized carbons (Fsp3) is 0.941. The zero-order valence-corrected chi connectivity index (χ0v) is 13.2. The zero-order chi connectivity index (χ0) is 14.4. The first-order valence-electron chi connectivity index (χ1n) is 8.49. The van der Waals surface area contributed by atoms with Gasteiger partial charge in [-0.25, -0.2) is 0 Å². The Kier molecular flexibility index (Phi) is 5.86. The predicted molar refractivity (Wildman–Crippen MR) is 81.4 cm³/mol. The first kappa shape index (κ1) is 15.8. The first-order chi connectivity index (χ1) is 9.69. The molecular weight excluding hydrogens is 248 g/mol. The maximum atomic E-state index is 9.49. The summed E-state index contributed by atoms with van der Waals surface area (Å²) in [6.45, 7) is 5.23. The van der Waals surface area contributed by atoms with E-state index in [0.29, 0.717) is 18.1 Å². The van der Waals surface area contributed by atoms with Crippen molar-refractivity contribution >= 4 is 0 Å². The molecule has 3 nitrogen and oxygen atoms in total. The van der Waals surface area contributed by atoms with E-state index in [1.807, 2.05) is 0 Å². The predicted octanol–water partition coefficient (Wildman–Crippen LogP) is 3.79. The Morgan fingerprint density at radius 1 is 1.25 bits per heavy atom. The van der Waals surface area contributed by atoms with Gasteiger partial charge in [0.2, 0.25) is 0 Å². The van der Waals surface area contributed by atoms with Crippen molar-refractivity contribution in [1.82, 2.24) is 5.32 Å². The van der Waals surface area contributed by atoms with Crippen LogP contribution in [0.4, 0.5) is 0 Å². The van der Waals surface area contributed by atoms with Crippen LogP contribution in [-0.2, 0) is 4.74 Å². The lowest BCUT2D eigenvalue weighted by atomic mass is 9.88. The average molecular weight is 278 g/mol. The molecule has 0 radical (unpaired) electrons. The molecule has 0 spiro atoms. The molecule has 1 N–H and O–H groups in total. The molecule has 0 aliphatic heterocycles. The van der Waals surface area contributed by atoms with E-state index in [-0.39, 0.29) is 5.54 Å². The van der Waals surface area contributed by atoms with E-state index in [1.54, 1.807) is 0 Å². The van der Waals surface area contributed by atoms with Crippen LogP contribution in [0.3, 0.4) is 0 Å². The molecule has 2 aliphatic carbocycles. The first-order valence-corrected chi connectivity index (χ1v) is 8.49. The minimum atomic E-state index is -0.317. The van der Waals surface area contributed by atoms with E-state index in [4.69, 9.17) is 4.74 Å². The minimum absolute atomic E-state index is 0.317. The van der Waals surface area contributed by atoms with E-state index in [9.17, 15) is 5.26 Å². The second kappa shape index (κ2) is 7.43. The van der Waals surface area contributed by atoms with Crippen molar-refractivity contribution in [3.05, 3.63) is 0 Å². The Labute approximate surface area is 124 Å². The molecule has 3 atom stereocenters. The number of nitrogens with zero attached hydrogens (tertiary/aromatic N) is 1. The molecule has 0 aromatic heterocycles. The molecule has 2 aliphatic rings. The summed E-state index contributed by atoms with van der Waals surface area (Å²) in [6.07, 6.45) is 10.9. The fourth-order valence-corrected chi connectivity index (χ4v) is 3.28. The number of nitrogens with one attached hydrogen (secondary N) is 1. The molecular formula is C17H30N2O. The van der Waals surface area contributed by atoms with Gasteiger partial charge in [0, 0.05) is 12.6 Å². The third kappa shape index (κ3) is 4.46. The van der Waals surface area contributed by atoms with E-state index >= 15 is 0 Å². The molecule has 0 aromatic rings. The standard InChI is InChI=1S/C17H30N2O/c1-3-17(13-18,19-15-9-10-15)11-6-12-20-16-8-5-4-7-14(16)2/h14-16,19H,3-12H2,1-2H3. The molecule has 0 bridgehead atoms. The van der Waals surface area contributed by atoms with Gasteiger partial charge in [0.1, 0.15) is 5.54 Å². The Morgan fingerprint density at radius 3 is 2.60 bits per heavy atom. The van der Waals surface area contributed by atoms with Crippen molar-refractivity contribution in [2.45, 2.75) is 89.3 Å². The second-order valence-electron chi connectivity index (χ2n) is 6.74. The van der Waals surface area contributed by atoms with Crippen LogP contribution in [0.1, 0.15) is 71.6 Å². The lowest BCUT2D eigenvalue weighted by Gasteiger charge is -2.30. The zero-order valence-electron chi connectivity index (χ0n) is 13.2. The third-order valence-corrected chi connectivity index (χ3v) is 4.99. The van der Waals surface area contributed by atoms with Crippen LogP contribution in [0.15, 0.2) is 0 Å². The maximum Gasteiger partial charge on any atom is 0.106 e. The Morgan fingerprint density at radius 2 is 2.00 bits per heavy atom. The van der Waals surface area contributed by atoms with E-state index in [2.05, 4.69) is 25.2 Å². The molecule has 2 fully saturated rings. The van der Waals surface area contributed by atoms with Crippen molar-refractivity contribution in [2.75, 3.05) is 6.61 Å². The van der Waals surface area contributed by atoms with Crippen LogP contribution in [0.5, 0.6) is 0 Å². The van der Waals surface area contributed by atoms with Crippen molar-refractivity contribution in [3.8, 4) is 6.07 Å². The summed E-state index contributed by atoms with van der Waals surface area (Å²) in [5.74, 6) is 0.709. The summed E-state index contributed by atoms with van der Waals surface area (Å²) in [7, 11) is 0. The Balaban J connectivity index is 1.68. The largest absolute Gasteiger partial charge is 0.378 e. The lowest BCUT2D eigenvalue weighted by Crippen LogP contribution is -2.45. The summed E-state index contributed by atoms with van der Waals surface area (Å²) < 4.78 is 6.06. The van der Waals surface area contributed by atoms with Gasteiger partial charge in [0.15, 0.2) is 0 Å². The van der Waals surface area contributed by atoms with Gasteiger partial charge < -0.3 is 4.74 Å². The van der Waals surface area contributed by atoms with Gasteiger partial charge in [-0.1, -0.05) is 26.7 Å². The average Bonchev–Trinajstić information content (AvgIpc) is 3.28. The number of rotatable bonds is 8. The summed E-state index contributed by atoms with van der Waals surface area (Å²) in [6, 6.07) is 3.11. The van der Waals surface area contributed by atoms with Gasteiger partial charge in [-0.2, -0.15) is 5.26 Å². The number of hydrogen-bond donors (Lipinski definition) is 1. The highest BCUT2D eigenvalue weighted by atomic mass is 16.5. The van der Waals surface area contributed by atoms with Gasteiger partial charge in [-0.05, 0) is 50.9 Å². The Bertz CT molecular complexity index is 334. The molecule has 0 amide bonds. The number of hydrogen-bond acceptors (Lipinski definition) is 3. The molecule has 3 unspecified atom stereocenters. The van der Waals surface area contributed by atoms with Gasteiger partial charge in [0.05, 0.1) is 12.2 Å². The molecule has 0 heterocycles. The number of nitriles is 1. The van der Waals surface area contributed by atoms with Crippen LogP contribution in [0, 0.1) is 17.2 Å². The number of ether oxygens (including phenoxy) is 1. The maximum absolute atomic E-state index is 9.49. The lowest BCUT2D eigenvalue weighted by molar-refractivity contribution is -0.00790. The molecule has 0 saturated heterocycles. The summed E-state index contributed by atoms with van der Waals surface area (Å²) >= 11 is 0. The van der Waals surface area contributed by atoms with Gasteiger partial charge in [-0.15, -0.1) is 0 Å². The Hall–Kier alpha value is -0.590. The monoisotopic (exact) mass is 278 g/mol. The fourth-order valence-electron chi connectivity index (χ4n) is 3.28. The normalized spacial score (nSPS) is 29.6. The summed E-state index contributed by atoms with van der Waals surface area (Å²) in [5.41, 5.74) is -0.317.